The smallest absolute Gasteiger partial charge is 0.244 e. The van der Waals surface area contributed by atoms with Crippen LogP contribution >= 0.6 is 0 Å². The van der Waals surface area contributed by atoms with Gasteiger partial charge in [0.2, 0.25) is 5.91 Å². The number of hydrogen-bond acceptors (Lipinski definition) is 4. The van der Waals surface area contributed by atoms with E-state index in [-0.39, 0.29) is 18.6 Å². The highest BCUT2D eigenvalue weighted by Crippen LogP contribution is 2.10. The van der Waals surface area contributed by atoms with Crippen molar-refractivity contribution in [3.63, 3.8) is 0 Å². The van der Waals surface area contributed by atoms with E-state index < -0.39 is 0 Å². The van der Waals surface area contributed by atoms with Crippen molar-refractivity contribution >= 4 is 5.91 Å². The number of aromatic nitrogens is 3. The zero-order chi connectivity index (χ0) is 10.7. The van der Waals surface area contributed by atoms with Crippen LogP contribution in [-0.2, 0) is 11.3 Å². The summed E-state index contributed by atoms with van der Waals surface area (Å²) in [4.78, 5) is 17.2. The summed E-state index contributed by atoms with van der Waals surface area (Å²) in [5.41, 5.74) is 0. The van der Waals surface area contributed by atoms with Crippen molar-refractivity contribution in [1.29, 1.82) is 0 Å². The number of rotatable bonds is 2. The molecule has 0 aliphatic carbocycles. The third-order valence-electron chi connectivity index (χ3n) is 2.51. The Morgan fingerprint density at radius 1 is 1.60 bits per heavy atom. The molecule has 1 N–H and O–H groups in total. The predicted octanol–water partition coefficient (Wildman–Crippen LogP) is -0.739. The molecule has 6 nitrogen and oxygen atoms in total. The molecule has 1 amide bonds. The van der Waals surface area contributed by atoms with E-state index in [1.54, 1.807) is 4.90 Å². The molecule has 2 rings (SSSR count). The van der Waals surface area contributed by atoms with Gasteiger partial charge in [-0.2, -0.15) is 5.10 Å². The Kier molecular flexibility index (Phi) is 2.96. The van der Waals surface area contributed by atoms with Gasteiger partial charge in [0.25, 0.3) is 0 Å². The minimum absolute atomic E-state index is 0.0146. The van der Waals surface area contributed by atoms with E-state index in [4.69, 9.17) is 0 Å². The van der Waals surface area contributed by atoms with Gasteiger partial charge in [-0.3, -0.25) is 4.79 Å². The van der Waals surface area contributed by atoms with Crippen LogP contribution < -0.4 is 0 Å². The van der Waals surface area contributed by atoms with Gasteiger partial charge in [0, 0.05) is 13.1 Å². The Balaban J connectivity index is 1.90. The number of aliphatic hydroxyl groups excluding tert-OH is 1. The molecule has 1 atom stereocenters. The molecule has 0 saturated carbocycles. The first kappa shape index (κ1) is 10.1. The Bertz CT molecular complexity index is 325. The lowest BCUT2D eigenvalue weighted by molar-refractivity contribution is -0.135. The van der Waals surface area contributed by atoms with Gasteiger partial charge in [-0.25, -0.2) is 9.67 Å². The molecule has 0 aromatic carbocycles. The van der Waals surface area contributed by atoms with E-state index in [0.29, 0.717) is 6.54 Å². The van der Waals surface area contributed by atoms with Crippen LogP contribution in [0, 0.1) is 0 Å². The van der Waals surface area contributed by atoms with Crippen molar-refractivity contribution in [3.8, 4) is 0 Å². The molecule has 82 valence electrons. The maximum absolute atomic E-state index is 11.7. The van der Waals surface area contributed by atoms with E-state index in [1.165, 1.54) is 17.3 Å². The molecular weight excluding hydrogens is 196 g/mol. The van der Waals surface area contributed by atoms with Crippen LogP contribution in [0.5, 0.6) is 0 Å². The average Bonchev–Trinajstić information content (AvgIpc) is 2.70. The molecule has 15 heavy (non-hydrogen) atoms. The summed E-state index contributed by atoms with van der Waals surface area (Å²) in [6.45, 7) is 1.37. The number of nitrogens with zero attached hydrogens (tertiary/aromatic N) is 4. The summed E-state index contributed by atoms with van der Waals surface area (Å²) >= 11 is 0. The van der Waals surface area contributed by atoms with Crippen molar-refractivity contribution in [3.05, 3.63) is 12.7 Å². The monoisotopic (exact) mass is 210 g/mol. The summed E-state index contributed by atoms with van der Waals surface area (Å²) in [6.07, 6.45) is 4.19. The highest BCUT2D eigenvalue weighted by atomic mass is 16.3. The van der Waals surface area contributed by atoms with Crippen molar-refractivity contribution < 1.29 is 9.90 Å². The quantitative estimate of drug-likeness (QED) is 0.698. The van der Waals surface area contributed by atoms with E-state index >= 15 is 0 Å². The number of hydrogen-bond donors (Lipinski definition) is 1. The van der Waals surface area contributed by atoms with Crippen LogP contribution in [0.25, 0.3) is 0 Å². The van der Waals surface area contributed by atoms with Gasteiger partial charge >= 0.3 is 0 Å². The lowest BCUT2D eigenvalue weighted by Crippen LogP contribution is -2.43. The molecule has 1 aromatic rings. The summed E-state index contributed by atoms with van der Waals surface area (Å²) in [7, 11) is 0. The van der Waals surface area contributed by atoms with Crippen molar-refractivity contribution in [2.24, 2.45) is 0 Å². The van der Waals surface area contributed by atoms with Crippen LogP contribution in [0.3, 0.4) is 0 Å². The first-order valence-corrected chi connectivity index (χ1v) is 5.04. The Hall–Kier alpha value is -1.43. The summed E-state index contributed by atoms with van der Waals surface area (Å²) < 4.78 is 1.49. The van der Waals surface area contributed by atoms with Gasteiger partial charge in [-0.1, -0.05) is 0 Å². The van der Waals surface area contributed by atoms with Crippen LogP contribution in [-0.4, -0.2) is 49.9 Å². The number of β-amino-alcohol motifs (C(OH)–C–C–N with tert-alkyl or cyclic N) is 1. The molecule has 1 aliphatic rings. The van der Waals surface area contributed by atoms with Gasteiger partial charge in [0.05, 0.1) is 6.10 Å². The Labute approximate surface area is 87.5 Å². The lowest BCUT2D eigenvalue weighted by atomic mass is 10.1. The van der Waals surface area contributed by atoms with Crippen LogP contribution in [0.15, 0.2) is 12.7 Å². The number of piperidine rings is 1. The minimum atomic E-state index is -0.376. The molecular formula is C9H14N4O2. The fraction of sp³-hybridized carbons (Fsp3) is 0.667. The Morgan fingerprint density at radius 3 is 3.13 bits per heavy atom. The van der Waals surface area contributed by atoms with Gasteiger partial charge in [-0.15, -0.1) is 0 Å². The minimum Gasteiger partial charge on any atom is -0.391 e. The van der Waals surface area contributed by atoms with E-state index in [1.807, 2.05) is 0 Å². The number of carbonyl (C=O) groups excluding carboxylic acids is 1. The number of amides is 1. The van der Waals surface area contributed by atoms with E-state index in [9.17, 15) is 9.90 Å². The normalized spacial score (nSPS) is 21.7. The maximum Gasteiger partial charge on any atom is 0.244 e. The van der Waals surface area contributed by atoms with Gasteiger partial charge in [0.15, 0.2) is 0 Å². The van der Waals surface area contributed by atoms with Gasteiger partial charge in [0.1, 0.15) is 19.2 Å². The topological polar surface area (TPSA) is 71.2 Å². The first-order chi connectivity index (χ1) is 7.25. The molecule has 6 heteroatoms. The third kappa shape index (κ3) is 2.53. The van der Waals surface area contributed by atoms with Crippen molar-refractivity contribution in [2.75, 3.05) is 13.1 Å². The summed E-state index contributed by atoms with van der Waals surface area (Å²) in [6, 6.07) is 0. The molecule has 2 heterocycles. The largest absolute Gasteiger partial charge is 0.391 e. The maximum atomic E-state index is 11.7. The fourth-order valence-electron chi connectivity index (χ4n) is 1.73. The fourth-order valence-corrected chi connectivity index (χ4v) is 1.73. The van der Waals surface area contributed by atoms with Crippen LogP contribution in [0.4, 0.5) is 0 Å². The molecule has 0 bridgehead atoms. The average molecular weight is 210 g/mol. The van der Waals surface area contributed by atoms with E-state index in [0.717, 1.165) is 19.4 Å². The predicted molar refractivity (Wildman–Crippen MR) is 51.8 cm³/mol. The van der Waals surface area contributed by atoms with Crippen molar-refractivity contribution in [2.45, 2.75) is 25.5 Å². The van der Waals surface area contributed by atoms with Crippen LogP contribution in [0.1, 0.15) is 12.8 Å². The number of carbonyl (C=O) groups is 1. The Morgan fingerprint density at radius 2 is 2.47 bits per heavy atom. The number of likely N-dealkylation sites (tertiary alicyclic amines) is 1. The molecule has 1 aromatic heterocycles. The van der Waals surface area contributed by atoms with Gasteiger partial charge in [-0.05, 0) is 12.8 Å². The lowest BCUT2D eigenvalue weighted by Gasteiger charge is -2.29. The number of aliphatic hydroxyl groups is 1. The second kappa shape index (κ2) is 4.39. The summed E-state index contributed by atoms with van der Waals surface area (Å²) in [5.74, 6) is -0.0146. The second-order valence-electron chi connectivity index (χ2n) is 3.73. The zero-order valence-electron chi connectivity index (χ0n) is 8.41. The van der Waals surface area contributed by atoms with Gasteiger partial charge < -0.3 is 10.0 Å². The second-order valence-corrected chi connectivity index (χ2v) is 3.73. The molecule has 0 radical (unpaired) electrons. The highest BCUT2D eigenvalue weighted by molar-refractivity contribution is 5.76. The summed E-state index contributed by atoms with van der Waals surface area (Å²) in [5, 5.41) is 13.3. The van der Waals surface area contributed by atoms with Crippen molar-refractivity contribution in [1.82, 2.24) is 19.7 Å². The van der Waals surface area contributed by atoms with Crippen LogP contribution in [0.2, 0.25) is 0 Å². The standard InChI is InChI=1S/C9H14N4O2/c14-8-2-1-3-12(4-8)9(15)5-13-7-10-6-11-13/h6-8,14H,1-5H2. The highest BCUT2D eigenvalue weighted by Gasteiger charge is 2.21. The zero-order valence-corrected chi connectivity index (χ0v) is 8.41. The molecule has 1 saturated heterocycles. The molecule has 1 fully saturated rings. The third-order valence-corrected chi connectivity index (χ3v) is 2.51. The van der Waals surface area contributed by atoms with E-state index in [2.05, 4.69) is 10.1 Å². The molecule has 0 spiro atoms. The first-order valence-electron chi connectivity index (χ1n) is 5.04. The molecule has 1 aliphatic heterocycles. The molecule has 1 unspecified atom stereocenters. The SMILES string of the molecule is O=C(Cn1cncn1)N1CCCC(O)C1.